The summed E-state index contributed by atoms with van der Waals surface area (Å²) in [4.78, 5) is 37.2. The molecule has 5 rings (SSSR count). The van der Waals surface area contributed by atoms with Gasteiger partial charge in [-0.2, -0.15) is 0 Å². The Morgan fingerprint density at radius 2 is 1.80 bits per heavy atom. The third-order valence-corrected chi connectivity index (χ3v) is 9.48. The largest absolute Gasteiger partial charge is 0.462 e. The lowest BCUT2D eigenvalue weighted by Gasteiger charge is -2.62. The van der Waals surface area contributed by atoms with Crippen molar-refractivity contribution in [2.75, 3.05) is 6.61 Å². The molecule has 35 heavy (non-hydrogen) atoms. The molecule has 11 heteroatoms. The van der Waals surface area contributed by atoms with Crippen LogP contribution in [-0.4, -0.2) is 81.5 Å². The zero-order chi connectivity index (χ0) is 25.7. The molecule has 5 fully saturated rings. The van der Waals surface area contributed by atoms with Gasteiger partial charge in [0.2, 0.25) is 0 Å². The van der Waals surface area contributed by atoms with Crippen LogP contribution in [0.1, 0.15) is 47.0 Å². The number of rotatable bonds is 2. The van der Waals surface area contributed by atoms with Crippen LogP contribution in [0, 0.1) is 17.3 Å². The highest BCUT2D eigenvalue weighted by Gasteiger charge is 2.79. The average Bonchev–Trinajstić information content (AvgIpc) is 3.48. The standard InChI is InChI=1S/C24H31ClO10/c1-10-16(25)19-24(11(2)20(29)34-19)18(28)17-21(5,15(33-13(4)27)8-23(10,30)35-24)14(32-12(3)26)6-7-22(17)9-31-22/h11,14-19,28,30H,1,6-9H2,2-5H3. The number of fused-ring (bicyclic) bond motifs is 3. The normalized spacial score (nSPS) is 52.5. The summed E-state index contributed by atoms with van der Waals surface area (Å²) in [5, 5.41) is 22.9. The van der Waals surface area contributed by atoms with Gasteiger partial charge in [0.05, 0.1) is 35.0 Å². The van der Waals surface area contributed by atoms with Gasteiger partial charge in [0.1, 0.15) is 17.8 Å². The molecule has 10 nitrogen and oxygen atoms in total. The lowest BCUT2D eigenvalue weighted by Crippen LogP contribution is -2.76. The molecular formula is C24H31ClO10. The number of carbonyl (C=O) groups is 3. The summed E-state index contributed by atoms with van der Waals surface area (Å²) in [5.74, 6) is -5.79. The quantitative estimate of drug-likeness (QED) is 0.180. The van der Waals surface area contributed by atoms with Crippen molar-refractivity contribution >= 4 is 29.5 Å². The van der Waals surface area contributed by atoms with Crippen molar-refractivity contribution in [3.05, 3.63) is 12.2 Å². The first-order chi connectivity index (χ1) is 16.2. The summed E-state index contributed by atoms with van der Waals surface area (Å²) >= 11 is 6.69. The number of aliphatic hydroxyl groups excluding tert-OH is 1. The van der Waals surface area contributed by atoms with Crippen LogP contribution in [0.3, 0.4) is 0 Å². The first-order valence-corrected chi connectivity index (χ1v) is 12.3. The fourth-order valence-corrected chi connectivity index (χ4v) is 7.57. The number of carbonyl (C=O) groups excluding carboxylic acids is 3. The van der Waals surface area contributed by atoms with Crippen molar-refractivity contribution in [2.45, 2.75) is 93.7 Å². The van der Waals surface area contributed by atoms with E-state index in [1.165, 1.54) is 13.8 Å². The zero-order valence-electron chi connectivity index (χ0n) is 20.1. The second kappa shape index (κ2) is 7.64. The van der Waals surface area contributed by atoms with Gasteiger partial charge >= 0.3 is 17.9 Å². The highest BCUT2D eigenvalue weighted by Crippen LogP contribution is 2.65. The molecule has 194 valence electrons. The molecule has 0 amide bonds. The average molecular weight is 515 g/mol. The lowest BCUT2D eigenvalue weighted by molar-refractivity contribution is -0.352. The summed E-state index contributed by atoms with van der Waals surface area (Å²) in [5.41, 5.74) is -3.79. The molecule has 0 radical (unpaired) electrons. The number of alkyl halides is 1. The van der Waals surface area contributed by atoms with Crippen molar-refractivity contribution < 1.29 is 48.3 Å². The third kappa shape index (κ3) is 3.19. The van der Waals surface area contributed by atoms with Crippen LogP contribution in [0.4, 0.5) is 0 Å². The van der Waals surface area contributed by atoms with Crippen molar-refractivity contribution in [1.82, 2.24) is 0 Å². The molecule has 5 aliphatic rings. The van der Waals surface area contributed by atoms with Crippen molar-refractivity contribution in [3.63, 3.8) is 0 Å². The molecule has 11 atom stereocenters. The second-order valence-electron chi connectivity index (χ2n) is 10.8. The molecule has 11 unspecified atom stereocenters. The predicted octanol–water partition coefficient (Wildman–Crippen LogP) is 0.982. The maximum absolute atomic E-state index is 12.8. The van der Waals surface area contributed by atoms with Crippen molar-refractivity contribution in [2.24, 2.45) is 17.3 Å². The van der Waals surface area contributed by atoms with E-state index in [-0.39, 0.29) is 12.0 Å². The molecule has 1 saturated carbocycles. The van der Waals surface area contributed by atoms with Gasteiger partial charge in [-0.3, -0.25) is 14.4 Å². The van der Waals surface area contributed by atoms with E-state index in [1.807, 2.05) is 0 Å². The van der Waals surface area contributed by atoms with Crippen LogP contribution in [0.5, 0.6) is 0 Å². The van der Waals surface area contributed by atoms with E-state index in [1.54, 1.807) is 13.8 Å². The summed E-state index contributed by atoms with van der Waals surface area (Å²) in [7, 11) is 0. The SMILES string of the molecule is C=C1C(Cl)C2OC(=O)C(C)C23OC1(O)CC(OC(C)=O)C1(C)C(OC(C)=O)CCC2(CO2)C1C3O. The summed E-state index contributed by atoms with van der Waals surface area (Å²) in [6.07, 6.45) is -3.94. The molecule has 1 aliphatic carbocycles. The summed E-state index contributed by atoms with van der Waals surface area (Å²) < 4.78 is 29.3. The Morgan fingerprint density at radius 1 is 1.20 bits per heavy atom. The Morgan fingerprint density at radius 3 is 2.37 bits per heavy atom. The van der Waals surface area contributed by atoms with Crippen molar-refractivity contribution in [3.8, 4) is 0 Å². The number of ether oxygens (including phenoxy) is 5. The van der Waals surface area contributed by atoms with E-state index in [0.29, 0.717) is 19.4 Å². The molecule has 2 bridgehead atoms. The topological polar surface area (TPSA) is 141 Å². The van der Waals surface area contributed by atoms with Gasteiger partial charge in [-0.15, -0.1) is 11.6 Å². The Kier molecular flexibility index (Phi) is 5.45. The number of hydrogen-bond acceptors (Lipinski definition) is 10. The van der Waals surface area contributed by atoms with Gasteiger partial charge in [0.25, 0.3) is 0 Å². The zero-order valence-corrected chi connectivity index (χ0v) is 20.9. The van der Waals surface area contributed by atoms with Gasteiger partial charge < -0.3 is 33.9 Å². The van der Waals surface area contributed by atoms with E-state index in [0.717, 1.165) is 0 Å². The van der Waals surface area contributed by atoms with E-state index in [2.05, 4.69) is 6.58 Å². The van der Waals surface area contributed by atoms with Gasteiger partial charge in [0, 0.05) is 31.8 Å². The van der Waals surface area contributed by atoms with Crippen LogP contribution in [0.25, 0.3) is 0 Å². The maximum Gasteiger partial charge on any atom is 0.312 e. The molecule has 0 aromatic heterocycles. The van der Waals surface area contributed by atoms with Crippen LogP contribution < -0.4 is 0 Å². The Labute approximate surface area is 207 Å². The fraction of sp³-hybridized carbons (Fsp3) is 0.792. The molecule has 4 saturated heterocycles. The van der Waals surface area contributed by atoms with Gasteiger partial charge in [-0.1, -0.05) is 13.5 Å². The summed E-state index contributed by atoms with van der Waals surface area (Å²) in [6, 6.07) is 0. The summed E-state index contributed by atoms with van der Waals surface area (Å²) in [6.45, 7) is 10.0. The highest BCUT2D eigenvalue weighted by molar-refractivity contribution is 6.23. The van der Waals surface area contributed by atoms with Crippen LogP contribution in [0.15, 0.2) is 12.2 Å². The number of hydrogen-bond donors (Lipinski definition) is 2. The number of aliphatic hydroxyl groups is 2. The number of epoxide rings is 1. The minimum absolute atomic E-state index is 0.0188. The van der Waals surface area contributed by atoms with E-state index in [4.69, 9.17) is 35.3 Å². The second-order valence-corrected chi connectivity index (χ2v) is 11.3. The molecule has 4 heterocycles. The monoisotopic (exact) mass is 514 g/mol. The van der Waals surface area contributed by atoms with E-state index in [9.17, 15) is 24.6 Å². The smallest absolute Gasteiger partial charge is 0.312 e. The number of halogens is 1. The maximum atomic E-state index is 12.8. The minimum Gasteiger partial charge on any atom is -0.462 e. The van der Waals surface area contributed by atoms with Gasteiger partial charge in [-0.25, -0.2) is 0 Å². The van der Waals surface area contributed by atoms with E-state index < -0.39 is 81.9 Å². The van der Waals surface area contributed by atoms with Crippen LogP contribution in [-0.2, 0) is 38.1 Å². The Balaban J connectivity index is 1.76. The molecule has 2 N–H and O–H groups in total. The highest BCUT2D eigenvalue weighted by atomic mass is 35.5. The first kappa shape index (κ1) is 25.0. The fourth-order valence-electron chi connectivity index (χ4n) is 7.15. The van der Waals surface area contributed by atoms with Gasteiger partial charge in [0.15, 0.2) is 11.9 Å². The van der Waals surface area contributed by atoms with E-state index >= 15 is 0 Å². The van der Waals surface area contributed by atoms with Crippen LogP contribution in [0.2, 0.25) is 0 Å². The Hall–Kier alpha value is -1.72. The third-order valence-electron chi connectivity index (χ3n) is 8.99. The van der Waals surface area contributed by atoms with Crippen molar-refractivity contribution in [1.29, 1.82) is 0 Å². The Bertz CT molecular complexity index is 995. The van der Waals surface area contributed by atoms with Gasteiger partial charge in [-0.05, 0) is 19.8 Å². The minimum atomic E-state index is -2.17. The van der Waals surface area contributed by atoms with Crippen LogP contribution >= 0.6 is 11.6 Å². The molecule has 4 aliphatic heterocycles. The number of esters is 3. The molecule has 2 spiro atoms. The molecular weight excluding hydrogens is 484 g/mol. The molecule has 0 aromatic rings. The lowest BCUT2D eigenvalue weighted by atomic mass is 9.51. The molecule has 0 aromatic carbocycles. The predicted molar refractivity (Wildman–Crippen MR) is 118 cm³/mol. The first-order valence-electron chi connectivity index (χ1n) is 11.9.